The molecular formula is C79H92Cl2O6. The Balaban J connectivity index is 0.000000249. The number of carbonyl (C=O) groups excluding carboxylic acids is 2. The van der Waals surface area contributed by atoms with Crippen LogP contribution in [0.15, 0.2) is 182 Å². The molecule has 0 radical (unpaired) electrons. The third-order valence-corrected chi connectivity index (χ3v) is 16.5. The second-order valence-corrected chi connectivity index (χ2v) is 23.7. The van der Waals surface area contributed by atoms with Crippen LogP contribution in [-0.4, -0.2) is 25.2 Å². The second kappa shape index (κ2) is 38.2. The van der Waals surface area contributed by atoms with Crippen molar-refractivity contribution in [3.05, 3.63) is 214 Å². The van der Waals surface area contributed by atoms with Crippen LogP contribution in [0.4, 0.5) is 0 Å². The highest BCUT2D eigenvalue weighted by Crippen LogP contribution is 2.33. The third kappa shape index (κ3) is 23.2. The Morgan fingerprint density at radius 2 is 0.575 bits per heavy atom. The van der Waals surface area contributed by atoms with Crippen LogP contribution in [0.5, 0.6) is 23.0 Å². The zero-order valence-electron chi connectivity index (χ0n) is 52.2. The first-order chi connectivity index (χ1) is 42.6. The van der Waals surface area contributed by atoms with Crippen LogP contribution in [0.1, 0.15) is 194 Å². The summed E-state index contributed by atoms with van der Waals surface area (Å²) in [4.78, 5) is 25.8. The molecule has 6 nitrogen and oxygen atoms in total. The fraction of sp³-hybridized carbons (Fsp3) is 0.367. The van der Waals surface area contributed by atoms with Crippen molar-refractivity contribution in [2.24, 2.45) is 0 Å². The molecule has 0 spiro atoms. The number of hydrogen-bond donors (Lipinski definition) is 0. The predicted molar refractivity (Wildman–Crippen MR) is 366 cm³/mol. The summed E-state index contributed by atoms with van der Waals surface area (Å²) in [5.74, 6) is 1.89. The van der Waals surface area contributed by atoms with Crippen molar-refractivity contribution in [1.82, 2.24) is 0 Å². The van der Waals surface area contributed by atoms with Gasteiger partial charge in [-0.2, -0.15) is 0 Å². The summed E-state index contributed by atoms with van der Waals surface area (Å²) in [6, 6.07) is 59.1. The van der Waals surface area contributed by atoms with E-state index in [1.807, 2.05) is 84.9 Å². The maximum absolute atomic E-state index is 12.9. The van der Waals surface area contributed by atoms with Gasteiger partial charge in [-0.3, -0.25) is 0 Å². The summed E-state index contributed by atoms with van der Waals surface area (Å²) < 4.78 is 23.2. The van der Waals surface area contributed by atoms with Gasteiger partial charge in [-0.05, 0) is 156 Å². The predicted octanol–water partition coefficient (Wildman–Crippen LogP) is 23.9. The number of ether oxygens (including phenoxy) is 4. The van der Waals surface area contributed by atoms with Crippen LogP contribution in [0.3, 0.4) is 0 Å². The smallest absolute Gasteiger partial charge is 0.343 e. The Morgan fingerprint density at radius 3 is 0.908 bits per heavy atom. The van der Waals surface area contributed by atoms with E-state index in [4.69, 9.17) is 42.1 Å². The molecule has 8 rings (SSSR count). The zero-order valence-corrected chi connectivity index (χ0v) is 53.7. The van der Waals surface area contributed by atoms with E-state index in [1.54, 1.807) is 24.3 Å². The molecule has 87 heavy (non-hydrogen) atoms. The first-order valence-corrected chi connectivity index (χ1v) is 33.3. The van der Waals surface area contributed by atoms with Gasteiger partial charge in [-0.25, -0.2) is 9.59 Å². The van der Waals surface area contributed by atoms with Crippen molar-refractivity contribution in [3.8, 4) is 67.5 Å². The van der Waals surface area contributed by atoms with Crippen molar-refractivity contribution in [2.45, 2.75) is 175 Å². The average molecular weight is 1210 g/mol. The zero-order chi connectivity index (χ0) is 61.3. The number of benzene rings is 8. The van der Waals surface area contributed by atoms with Crippen molar-refractivity contribution in [3.63, 3.8) is 0 Å². The second-order valence-electron chi connectivity index (χ2n) is 22.9. The minimum atomic E-state index is -0.435. The molecule has 0 amide bonds. The van der Waals surface area contributed by atoms with E-state index in [9.17, 15) is 9.59 Å². The van der Waals surface area contributed by atoms with Crippen LogP contribution < -0.4 is 18.9 Å². The lowest BCUT2D eigenvalue weighted by molar-refractivity contribution is 0.0725. The number of aryl methyl sites for hydroxylation is 2. The van der Waals surface area contributed by atoms with Gasteiger partial charge in [0, 0.05) is 21.2 Å². The molecule has 0 N–H and O–H groups in total. The van der Waals surface area contributed by atoms with Gasteiger partial charge in [0.1, 0.15) is 23.0 Å². The lowest BCUT2D eigenvalue weighted by Gasteiger charge is -2.10. The average Bonchev–Trinajstić information content (AvgIpc) is 3.74. The molecule has 0 aliphatic carbocycles. The van der Waals surface area contributed by atoms with E-state index in [0.29, 0.717) is 32.7 Å². The van der Waals surface area contributed by atoms with Crippen LogP contribution in [0.2, 0.25) is 10.0 Å². The normalized spacial score (nSPS) is 11.0. The minimum Gasteiger partial charge on any atom is -0.494 e. The highest BCUT2D eigenvalue weighted by Gasteiger charge is 2.15. The first kappa shape index (κ1) is 67.4. The summed E-state index contributed by atoms with van der Waals surface area (Å²) >= 11 is 13.2. The van der Waals surface area contributed by atoms with Crippen molar-refractivity contribution >= 4 is 35.1 Å². The molecule has 8 aromatic carbocycles. The van der Waals surface area contributed by atoms with Crippen LogP contribution >= 0.6 is 23.2 Å². The van der Waals surface area contributed by atoms with Gasteiger partial charge in [-0.1, -0.05) is 269 Å². The monoisotopic (exact) mass is 1210 g/mol. The number of esters is 2. The Morgan fingerprint density at radius 1 is 0.299 bits per heavy atom. The van der Waals surface area contributed by atoms with Gasteiger partial charge in [0.15, 0.2) is 0 Å². The number of unbranched alkanes of at least 4 members (excludes halogenated alkanes) is 17. The molecule has 0 saturated heterocycles. The molecule has 0 unspecified atom stereocenters. The van der Waals surface area contributed by atoms with E-state index in [2.05, 4.69) is 100 Å². The fourth-order valence-corrected chi connectivity index (χ4v) is 11.1. The molecule has 0 atom stereocenters. The van der Waals surface area contributed by atoms with E-state index < -0.39 is 11.9 Å². The first-order valence-electron chi connectivity index (χ1n) is 32.5. The van der Waals surface area contributed by atoms with E-state index in [-0.39, 0.29) is 0 Å². The number of hydrogen-bond acceptors (Lipinski definition) is 6. The highest BCUT2D eigenvalue weighted by molar-refractivity contribution is 6.34. The molecule has 0 aliphatic heterocycles. The number of rotatable bonds is 35. The van der Waals surface area contributed by atoms with Gasteiger partial charge in [0.25, 0.3) is 0 Å². The molecular weight excluding hydrogens is 1120 g/mol. The van der Waals surface area contributed by atoms with Gasteiger partial charge in [-0.15, -0.1) is 0 Å². The Bertz CT molecular complexity index is 3240. The largest absolute Gasteiger partial charge is 0.494 e. The summed E-state index contributed by atoms with van der Waals surface area (Å²) in [7, 11) is 0. The topological polar surface area (TPSA) is 71.1 Å². The van der Waals surface area contributed by atoms with E-state index >= 15 is 0 Å². The van der Waals surface area contributed by atoms with Crippen LogP contribution in [-0.2, 0) is 12.8 Å². The quantitative estimate of drug-likeness (QED) is 0.0224. The highest BCUT2D eigenvalue weighted by atomic mass is 35.5. The summed E-state index contributed by atoms with van der Waals surface area (Å²) in [6.45, 7) is 10.5. The van der Waals surface area contributed by atoms with E-state index in [0.717, 1.165) is 94.9 Å². The molecule has 458 valence electrons. The molecule has 0 aromatic heterocycles. The van der Waals surface area contributed by atoms with Crippen molar-refractivity contribution in [2.75, 3.05) is 13.2 Å². The molecule has 0 bridgehead atoms. The Labute approximate surface area is 531 Å². The lowest BCUT2D eigenvalue weighted by atomic mass is 10.00. The SMILES string of the molecule is CCCCCCCCCOc1ccc(-c2ccc(OC(=O)c3ccc(-c4ccc(CCCCC)cc4)c(Cl)c3)cc2)cc1.CCCCCCCCCOc1ccc(-c2ccc(OC(=O)c3ccc(-c4ccc(CCCCCC)cc4)c(Cl)c3)cc2)cc1. The summed E-state index contributed by atoms with van der Waals surface area (Å²) in [6.07, 6.45) is 28.7. The van der Waals surface area contributed by atoms with Gasteiger partial charge in [0.2, 0.25) is 0 Å². The van der Waals surface area contributed by atoms with Crippen LogP contribution in [0.25, 0.3) is 44.5 Å². The molecule has 0 heterocycles. The molecule has 8 heteroatoms. The molecule has 0 fully saturated rings. The van der Waals surface area contributed by atoms with Crippen LogP contribution in [0, 0.1) is 0 Å². The Kier molecular flexibility index (Phi) is 29.6. The van der Waals surface area contributed by atoms with Gasteiger partial charge in [0.05, 0.1) is 24.3 Å². The maximum atomic E-state index is 12.9. The summed E-state index contributed by atoms with van der Waals surface area (Å²) in [5, 5.41) is 1.05. The number of halogens is 2. The molecule has 0 saturated carbocycles. The molecule has 0 aliphatic rings. The Hall–Kier alpha value is -7.12. The lowest BCUT2D eigenvalue weighted by Crippen LogP contribution is -2.08. The van der Waals surface area contributed by atoms with Crippen molar-refractivity contribution < 1.29 is 28.5 Å². The maximum Gasteiger partial charge on any atom is 0.343 e. The minimum absolute atomic E-state index is 0.418. The third-order valence-electron chi connectivity index (χ3n) is 15.9. The van der Waals surface area contributed by atoms with Gasteiger partial charge < -0.3 is 18.9 Å². The van der Waals surface area contributed by atoms with E-state index in [1.165, 1.54) is 133 Å². The van der Waals surface area contributed by atoms with Crippen molar-refractivity contribution in [1.29, 1.82) is 0 Å². The molecule has 8 aromatic rings. The summed E-state index contributed by atoms with van der Waals surface area (Å²) in [5.41, 5.74) is 11.6. The van der Waals surface area contributed by atoms with Gasteiger partial charge >= 0.3 is 11.9 Å². The number of carbonyl (C=O) groups is 2. The standard InChI is InChI=1S/C40H47ClO3.C39H45ClO3/c1-3-5-7-9-10-11-13-29-43-36-24-19-32(20-25-36)33-21-26-37(27-22-33)44-40(42)35-23-28-38(39(41)30-35)34-17-15-31(16-18-34)14-12-8-6-4-2;1-3-5-7-8-9-10-12-28-42-35-23-18-31(19-24-35)32-20-25-36(26-21-32)43-39(41)34-22-27-37(38(40)29-34)33-16-14-30(15-17-33)13-11-6-4-2/h15-28,30H,3-14,29H2,1-2H3;14-27,29H,3-13,28H2,1-2H3. The fourth-order valence-electron chi connectivity index (χ4n) is 10.5.